The van der Waals surface area contributed by atoms with E-state index in [1.807, 2.05) is 13.0 Å². The van der Waals surface area contributed by atoms with Crippen LogP contribution in [-0.2, 0) is 66.8 Å². The van der Waals surface area contributed by atoms with E-state index in [4.69, 9.17) is 64.9 Å². The number of carbonyl (C=O) groups excluding carboxylic acids is 4. The minimum atomic E-state index is -5.26. The number of aliphatic hydroxyl groups is 7. The van der Waals surface area contributed by atoms with E-state index in [1.165, 1.54) is 41.5 Å². The normalized spacial score (nSPS) is 28.9. The van der Waals surface area contributed by atoms with Gasteiger partial charge in [-0.2, -0.15) is 0 Å². The van der Waals surface area contributed by atoms with Crippen LogP contribution >= 0.6 is 20.0 Å². The Morgan fingerprint density at radius 1 is 0.707 bits per heavy atom. The van der Waals surface area contributed by atoms with Crippen molar-refractivity contribution in [2.24, 2.45) is 5.73 Å². The summed E-state index contributed by atoms with van der Waals surface area (Å²) in [6.45, 7) is 5.93. The lowest BCUT2D eigenvalue weighted by atomic mass is 9.77. The van der Waals surface area contributed by atoms with Crippen molar-refractivity contribution in [3.05, 3.63) is 112 Å². The number of phenolic OH excluding ortho intramolecular Hbond substituents is 2. The molecule has 8 unspecified atom stereocenters. The SMILES string of the molecule is CC(=O)NC1[C@H](OC2C(OP(=O)(O)OCCOCC=C(C)CCC=C(C)CCC=C(C)C)OC(C(N)=O)[C@H](O)[C@@H]2O)OC(CO)[C@@H](O[C@@H]2OC(CO)[C@H](O)[C@H](O)C2NC(=O)CNC(=S)Nc2ccc3c(c2)C(=O)OC32c3ccc(O)cc3Oc3cc(O)ccc32)[C@@H]1O. The predicted molar refractivity (Wildman–Crippen MR) is 324 cm³/mol. The summed E-state index contributed by atoms with van der Waals surface area (Å²) in [6.07, 6.45) is -16.3. The number of allylic oxidation sites excluding steroid dienone is 5. The minimum absolute atomic E-state index is 0.108. The molecule has 0 saturated carbocycles. The number of aromatic hydroxyl groups is 2. The zero-order valence-electron chi connectivity index (χ0n) is 50.7. The molecule has 5 heterocycles. The van der Waals surface area contributed by atoms with Crippen molar-refractivity contribution in [1.82, 2.24) is 16.0 Å². The number of fused-ring (bicyclic) bond motifs is 6. The number of phenols is 2. The first-order chi connectivity index (χ1) is 43.6. The quantitative estimate of drug-likeness (QED) is 0.0173. The minimum Gasteiger partial charge on any atom is -0.508 e. The van der Waals surface area contributed by atoms with Crippen molar-refractivity contribution in [3.63, 3.8) is 0 Å². The van der Waals surface area contributed by atoms with Gasteiger partial charge in [-0.15, -0.1) is 0 Å². The lowest BCUT2D eigenvalue weighted by molar-refractivity contribution is -0.358. The zero-order valence-corrected chi connectivity index (χ0v) is 52.4. The number of ether oxygens (including phenoxy) is 8. The molecule has 504 valence electrons. The van der Waals surface area contributed by atoms with Gasteiger partial charge in [-0.1, -0.05) is 41.0 Å². The number of nitrogens with one attached hydrogen (secondary N) is 4. The second-order valence-electron chi connectivity index (χ2n) is 22.8. The molecule has 0 radical (unpaired) electrons. The van der Waals surface area contributed by atoms with Gasteiger partial charge in [-0.3, -0.25) is 23.4 Å². The highest BCUT2D eigenvalue weighted by molar-refractivity contribution is 7.80. The number of phosphoric ester groups is 1. The van der Waals surface area contributed by atoms with E-state index in [1.54, 1.807) is 24.3 Å². The number of esters is 1. The topological polar surface area (TPSA) is 454 Å². The maximum Gasteiger partial charge on any atom is 0.474 e. The summed E-state index contributed by atoms with van der Waals surface area (Å²) in [4.78, 5) is 63.4. The Labute approximate surface area is 533 Å². The van der Waals surface area contributed by atoms with Crippen LogP contribution in [0, 0.1) is 0 Å². The summed E-state index contributed by atoms with van der Waals surface area (Å²) in [7, 11) is -5.26. The van der Waals surface area contributed by atoms with E-state index in [2.05, 4.69) is 54.2 Å². The van der Waals surface area contributed by atoms with Gasteiger partial charge < -0.3 is 116 Å². The molecule has 8 rings (SSSR count). The summed E-state index contributed by atoms with van der Waals surface area (Å²) >= 11 is 5.47. The Kier molecular flexibility index (Phi) is 24.1. The Bertz CT molecular complexity index is 3260. The maximum atomic E-state index is 13.7. The molecule has 1 spiro atoms. The molecule has 3 aromatic rings. The number of nitrogens with two attached hydrogens (primary N) is 1. The summed E-state index contributed by atoms with van der Waals surface area (Å²) < 4.78 is 70.7. The molecule has 32 heteroatoms. The fraction of sp³-hybridized carbons (Fsp3) is 0.517. The number of carbonyl (C=O) groups is 4. The molecule has 16 atom stereocenters. The third-order valence-electron chi connectivity index (χ3n) is 15.7. The van der Waals surface area contributed by atoms with Gasteiger partial charge in [-0.05, 0) is 102 Å². The Balaban J connectivity index is 0.904. The number of rotatable bonds is 26. The summed E-state index contributed by atoms with van der Waals surface area (Å²) in [5.74, 6) is -3.78. The van der Waals surface area contributed by atoms with E-state index < -0.39 is 155 Å². The van der Waals surface area contributed by atoms with E-state index in [0.717, 1.165) is 38.2 Å². The van der Waals surface area contributed by atoms with Crippen LogP contribution in [0.2, 0.25) is 0 Å². The molecule has 0 aromatic heterocycles. The van der Waals surface area contributed by atoms with Crippen molar-refractivity contribution in [1.29, 1.82) is 0 Å². The van der Waals surface area contributed by atoms with E-state index in [0.29, 0.717) is 16.7 Å². The molecular weight excluding hydrogens is 1250 g/mol. The lowest BCUT2D eigenvalue weighted by Crippen LogP contribution is -2.70. The van der Waals surface area contributed by atoms with Crippen LogP contribution < -0.4 is 31.7 Å². The number of amides is 3. The standard InChI is InChI=1S/C60H78N5O25PS/c1-28(2)8-6-9-29(3)10-7-11-30(4)18-19-81-20-21-82-91(79,80)90-58-53(50(76)49(75)52(87-58)54(61)77)88-57-45(63-31(5)68)48(74)51(42(27-67)85-57)86-56-44(47(73)46(72)41(26-66)84-56)65-43(71)25-62-59(92)64-32-12-15-36-35(22-32)55(78)89-60(36)37-16-13-33(69)23-39(37)83-40-24-34(70)14-17-38(40)60/h8,10,12-18,22-24,41-42,44-53,56-58,66-67,69-70,72-76H,6-7,9,11,19-21,25-27H2,1-5H3,(H2,61,77)(H,63,68)(H,65,71)(H,79,80)(H2,62,64,92)/t41?,42?,44?,45?,46-,47+,48+,49+,50-,51+,52?,53?,56-,57-,58?/m0/s1. The van der Waals surface area contributed by atoms with Crippen LogP contribution in [0.5, 0.6) is 23.0 Å². The Morgan fingerprint density at radius 2 is 1.30 bits per heavy atom. The van der Waals surface area contributed by atoms with Crippen LogP contribution in [0.15, 0.2) is 89.5 Å². The average Bonchev–Trinajstić information content (AvgIpc) is 1.47. The van der Waals surface area contributed by atoms with Gasteiger partial charge in [0.05, 0.1) is 45.1 Å². The van der Waals surface area contributed by atoms with Gasteiger partial charge in [-0.25, -0.2) is 9.36 Å². The number of aliphatic hydroxyl groups excluding tert-OH is 7. The predicted octanol–water partition coefficient (Wildman–Crippen LogP) is 0.731. The molecule has 3 fully saturated rings. The molecule has 0 bridgehead atoms. The number of hydrogen-bond donors (Lipinski definition) is 15. The Morgan fingerprint density at radius 3 is 1.92 bits per heavy atom. The molecule has 3 saturated heterocycles. The highest BCUT2D eigenvalue weighted by Crippen LogP contribution is 2.57. The van der Waals surface area contributed by atoms with E-state index >= 15 is 0 Å². The van der Waals surface area contributed by atoms with Crippen molar-refractivity contribution >= 4 is 54.5 Å². The molecule has 30 nitrogen and oxygen atoms in total. The maximum absolute atomic E-state index is 13.7. The largest absolute Gasteiger partial charge is 0.508 e. The molecule has 0 aliphatic carbocycles. The Hall–Kier alpha value is -6.56. The fourth-order valence-electron chi connectivity index (χ4n) is 11.1. The molecule has 16 N–H and O–H groups in total. The van der Waals surface area contributed by atoms with Gasteiger partial charge >= 0.3 is 13.8 Å². The number of hydrogen-bond acceptors (Lipinski definition) is 25. The van der Waals surface area contributed by atoms with Gasteiger partial charge in [0.2, 0.25) is 17.7 Å². The van der Waals surface area contributed by atoms with Crippen molar-refractivity contribution in [3.8, 4) is 23.0 Å². The number of anilines is 1. The highest BCUT2D eigenvalue weighted by Gasteiger charge is 2.57. The van der Waals surface area contributed by atoms with Crippen LogP contribution in [0.25, 0.3) is 0 Å². The van der Waals surface area contributed by atoms with Crippen LogP contribution in [0.3, 0.4) is 0 Å². The highest BCUT2D eigenvalue weighted by atomic mass is 32.1. The monoisotopic (exact) mass is 1330 g/mol. The summed E-state index contributed by atoms with van der Waals surface area (Å²) in [5.41, 5.74) is 9.00. The number of thiocarbonyl (C=S) groups is 1. The van der Waals surface area contributed by atoms with Gasteiger partial charge in [0.1, 0.15) is 90.0 Å². The van der Waals surface area contributed by atoms with Crippen LogP contribution in [0.4, 0.5) is 5.69 Å². The first kappa shape index (κ1) is 71.3. The first-order valence-electron chi connectivity index (χ1n) is 29.4. The first-order valence-corrected chi connectivity index (χ1v) is 31.3. The third kappa shape index (κ3) is 16.9. The second-order valence-corrected chi connectivity index (χ2v) is 24.6. The van der Waals surface area contributed by atoms with Crippen molar-refractivity contribution < 1.29 is 122 Å². The molecule has 92 heavy (non-hydrogen) atoms. The van der Waals surface area contributed by atoms with Crippen molar-refractivity contribution in [2.45, 2.75) is 158 Å². The molecule has 3 amide bonds. The number of phosphoric acid groups is 1. The smallest absolute Gasteiger partial charge is 0.474 e. The van der Waals surface area contributed by atoms with Gasteiger partial charge in [0, 0.05) is 41.4 Å². The van der Waals surface area contributed by atoms with E-state index in [-0.39, 0.29) is 52.6 Å². The zero-order chi connectivity index (χ0) is 66.9. The summed E-state index contributed by atoms with van der Waals surface area (Å²) in [6, 6.07) is 9.65. The van der Waals surface area contributed by atoms with E-state index in [9.17, 15) is 74.6 Å². The van der Waals surface area contributed by atoms with Crippen LogP contribution in [-0.4, -0.2) is 211 Å². The second kappa shape index (κ2) is 31.1. The number of primary amides is 1. The molecule has 5 aliphatic heterocycles. The molecule has 3 aromatic carbocycles. The van der Waals surface area contributed by atoms with Gasteiger partial charge in [0.25, 0.3) is 0 Å². The number of benzene rings is 3. The fourth-order valence-corrected chi connectivity index (χ4v) is 12.0. The summed E-state index contributed by atoms with van der Waals surface area (Å²) in [5, 5.41) is 108. The van der Waals surface area contributed by atoms with Crippen LogP contribution in [0.1, 0.15) is 87.4 Å². The molecule has 5 aliphatic rings. The lowest BCUT2D eigenvalue weighted by Gasteiger charge is -2.49. The third-order valence-corrected chi connectivity index (χ3v) is 16.9. The van der Waals surface area contributed by atoms with Gasteiger partial charge in [0.15, 0.2) is 35.7 Å². The van der Waals surface area contributed by atoms with Crippen molar-refractivity contribution in [2.75, 3.05) is 44.9 Å². The average molecular weight is 1330 g/mol. The molecular formula is C60H78N5O25PS.